The third-order valence-electron chi connectivity index (χ3n) is 3.95. The van der Waals surface area contributed by atoms with Crippen LogP contribution in [0.3, 0.4) is 0 Å². The maximum absolute atomic E-state index is 12.1. The molecule has 0 aliphatic heterocycles. The molecule has 0 spiro atoms. The summed E-state index contributed by atoms with van der Waals surface area (Å²) < 4.78 is 0. The molecular weight excluding hydrogens is 262 g/mol. The lowest BCUT2D eigenvalue weighted by Crippen LogP contribution is -2.48. The van der Waals surface area contributed by atoms with Crippen LogP contribution >= 0.6 is 0 Å². The minimum Gasteiger partial charge on any atom is -0.354 e. The Kier molecular flexibility index (Phi) is 6.21. The van der Waals surface area contributed by atoms with Crippen LogP contribution in [0.2, 0.25) is 0 Å². The van der Waals surface area contributed by atoms with E-state index in [-0.39, 0.29) is 18.0 Å². The standard InChI is InChI=1S/C17H27N3O/c1-2-16(17(21)20-11-14-8-9-14)19-12-15(18)10-13-6-4-3-5-7-13/h3-7,14-16,19H,2,8-12,18H2,1H3,(H,20,21)/t15-,16+/m1/s1. The van der Waals surface area contributed by atoms with Crippen LogP contribution in [-0.2, 0) is 11.2 Å². The van der Waals surface area contributed by atoms with Crippen LogP contribution < -0.4 is 16.4 Å². The van der Waals surface area contributed by atoms with Crippen LogP contribution in [0.1, 0.15) is 31.7 Å². The highest BCUT2D eigenvalue weighted by Crippen LogP contribution is 2.27. The van der Waals surface area contributed by atoms with E-state index in [0.717, 1.165) is 19.4 Å². The highest BCUT2D eigenvalue weighted by Gasteiger charge is 2.23. The van der Waals surface area contributed by atoms with E-state index in [2.05, 4.69) is 22.8 Å². The largest absolute Gasteiger partial charge is 0.354 e. The van der Waals surface area contributed by atoms with Crippen LogP contribution in [0.4, 0.5) is 0 Å². The second-order valence-electron chi connectivity index (χ2n) is 6.01. The van der Waals surface area contributed by atoms with Gasteiger partial charge >= 0.3 is 0 Å². The molecule has 4 nitrogen and oxygen atoms in total. The molecule has 0 saturated heterocycles. The van der Waals surface area contributed by atoms with Gasteiger partial charge in [-0.15, -0.1) is 0 Å². The number of carbonyl (C=O) groups is 1. The zero-order chi connectivity index (χ0) is 15.1. The monoisotopic (exact) mass is 289 g/mol. The highest BCUT2D eigenvalue weighted by atomic mass is 16.2. The Hall–Kier alpha value is -1.39. The molecule has 2 atom stereocenters. The van der Waals surface area contributed by atoms with Gasteiger partial charge in [-0.25, -0.2) is 0 Å². The lowest BCUT2D eigenvalue weighted by Gasteiger charge is -2.19. The van der Waals surface area contributed by atoms with Gasteiger partial charge in [-0.3, -0.25) is 4.79 Å². The molecule has 1 fully saturated rings. The van der Waals surface area contributed by atoms with Crippen molar-refractivity contribution < 1.29 is 4.79 Å². The van der Waals surface area contributed by atoms with E-state index in [4.69, 9.17) is 5.73 Å². The van der Waals surface area contributed by atoms with Crippen molar-refractivity contribution >= 4 is 5.91 Å². The maximum Gasteiger partial charge on any atom is 0.237 e. The second kappa shape index (κ2) is 8.15. The van der Waals surface area contributed by atoms with Crippen molar-refractivity contribution in [1.82, 2.24) is 10.6 Å². The van der Waals surface area contributed by atoms with Crippen LogP contribution in [0.25, 0.3) is 0 Å². The number of nitrogens with one attached hydrogen (secondary N) is 2. The predicted octanol–water partition coefficient (Wildman–Crippen LogP) is 1.45. The fourth-order valence-electron chi connectivity index (χ4n) is 2.40. The molecular formula is C17H27N3O. The molecule has 1 aromatic carbocycles. The fourth-order valence-corrected chi connectivity index (χ4v) is 2.40. The van der Waals surface area contributed by atoms with E-state index in [0.29, 0.717) is 12.5 Å². The average molecular weight is 289 g/mol. The number of carbonyl (C=O) groups excluding carboxylic acids is 1. The molecule has 21 heavy (non-hydrogen) atoms. The molecule has 1 saturated carbocycles. The minimum atomic E-state index is -0.134. The zero-order valence-corrected chi connectivity index (χ0v) is 12.8. The van der Waals surface area contributed by atoms with Crippen molar-refractivity contribution in [1.29, 1.82) is 0 Å². The quantitative estimate of drug-likeness (QED) is 0.644. The van der Waals surface area contributed by atoms with Gasteiger partial charge in [0.15, 0.2) is 0 Å². The van der Waals surface area contributed by atoms with Crippen LogP contribution in [0, 0.1) is 5.92 Å². The lowest BCUT2D eigenvalue weighted by molar-refractivity contribution is -0.123. The first-order valence-electron chi connectivity index (χ1n) is 7.99. The first-order valence-corrected chi connectivity index (χ1v) is 7.99. The van der Waals surface area contributed by atoms with E-state index in [1.807, 2.05) is 25.1 Å². The summed E-state index contributed by atoms with van der Waals surface area (Å²) in [7, 11) is 0. The minimum absolute atomic E-state index is 0.0256. The average Bonchev–Trinajstić information content (AvgIpc) is 3.31. The van der Waals surface area contributed by atoms with Gasteiger partial charge in [0, 0.05) is 19.1 Å². The molecule has 0 radical (unpaired) electrons. The van der Waals surface area contributed by atoms with Crippen LogP contribution in [0.15, 0.2) is 30.3 Å². The number of nitrogens with two attached hydrogens (primary N) is 1. The van der Waals surface area contributed by atoms with Gasteiger partial charge in [0.25, 0.3) is 0 Å². The number of benzene rings is 1. The molecule has 0 heterocycles. The van der Waals surface area contributed by atoms with Crippen molar-refractivity contribution in [2.24, 2.45) is 11.7 Å². The summed E-state index contributed by atoms with van der Waals surface area (Å²) in [6.07, 6.45) is 4.13. The van der Waals surface area contributed by atoms with Gasteiger partial charge < -0.3 is 16.4 Å². The maximum atomic E-state index is 12.1. The number of rotatable bonds is 9. The Morgan fingerprint density at radius 1 is 1.33 bits per heavy atom. The Bertz CT molecular complexity index is 431. The number of amides is 1. The Morgan fingerprint density at radius 3 is 2.67 bits per heavy atom. The van der Waals surface area contributed by atoms with Crippen LogP contribution in [-0.4, -0.2) is 31.1 Å². The zero-order valence-electron chi connectivity index (χ0n) is 12.8. The lowest BCUT2D eigenvalue weighted by atomic mass is 10.1. The smallest absolute Gasteiger partial charge is 0.237 e. The van der Waals surface area contributed by atoms with Crippen molar-refractivity contribution in [3.05, 3.63) is 35.9 Å². The molecule has 1 aromatic rings. The highest BCUT2D eigenvalue weighted by molar-refractivity contribution is 5.81. The topological polar surface area (TPSA) is 67.1 Å². The molecule has 116 valence electrons. The van der Waals surface area contributed by atoms with Gasteiger partial charge in [0.05, 0.1) is 6.04 Å². The molecule has 0 aromatic heterocycles. The first-order chi connectivity index (χ1) is 10.2. The first kappa shape index (κ1) is 16.0. The van der Waals surface area contributed by atoms with Crippen molar-refractivity contribution in [2.75, 3.05) is 13.1 Å². The van der Waals surface area contributed by atoms with E-state index in [9.17, 15) is 4.79 Å². The Labute approximate surface area is 127 Å². The molecule has 1 amide bonds. The molecule has 1 aliphatic carbocycles. The Morgan fingerprint density at radius 2 is 2.05 bits per heavy atom. The van der Waals surface area contributed by atoms with Gasteiger partial charge in [-0.2, -0.15) is 0 Å². The van der Waals surface area contributed by atoms with E-state index in [1.165, 1.54) is 18.4 Å². The van der Waals surface area contributed by atoms with Crippen molar-refractivity contribution in [2.45, 2.75) is 44.7 Å². The van der Waals surface area contributed by atoms with Gasteiger partial charge in [-0.05, 0) is 37.2 Å². The summed E-state index contributed by atoms with van der Waals surface area (Å²) in [6.45, 7) is 3.51. The van der Waals surface area contributed by atoms with E-state index in [1.54, 1.807) is 0 Å². The van der Waals surface area contributed by atoms with Gasteiger partial charge in [0.2, 0.25) is 5.91 Å². The van der Waals surface area contributed by atoms with Crippen LogP contribution in [0.5, 0.6) is 0 Å². The van der Waals surface area contributed by atoms with Crippen molar-refractivity contribution in [3.63, 3.8) is 0 Å². The summed E-state index contributed by atoms with van der Waals surface area (Å²) in [5.74, 6) is 0.822. The summed E-state index contributed by atoms with van der Waals surface area (Å²) in [5.41, 5.74) is 7.38. The van der Waals surface area contributed by atoms with E-state index < -0.39 is 0 Å². The molecule has 0 bridgehead atoms. The third-order valence-corrected chi connectivity index (χ3v) is 3.95. The second-order valence-corrected chi connectivity index (χ2v) is 6.01. The van der Waals surface area contributed by atoms with Crippen molar-refractivity contribution in [3.8, 4) is 0 Å². The number of hydrogen-bond donors (Lipinski definition) is 3. The summed E-state index contributed by atoms with van der Waals surface area (Å²) in [4.78, 5) is 12.1. The SMILES string of the molecule is CC[C@H](NC[C@H](N)Cc1ccccc1)C(=O)NCC1CC1. The molecule has 1 aliphatic rings. The molecule has 4 N–H and O–H groups in total. The summed E-state index contributed by atoms with van der Waals surface area (Å²) >= 11 is 0. The molecule has 4 heteroatoms. The van der Waals surface area contributed by atoms with Gasteiger partial charge in [-0.1, -0.05) is 37.3 Å². The summed E-state index contributed by atoms with van der Waals surface area (Å²) in [6, 6.07) is 10.1. The third kappa shape index (κ3) is 5.86. The fraction of sp³-hybridized carbons (Fsp3) is 0.588. The normalized spacial score (nSPS) is 17.2. The number of hydrogen-bond acceptors (Lipinski definition) is 3. The predicted molar refractivity (Wildman–Crippen MR) is 85.9 cm³/mol. The summed E-state index contributed by atoms with van der Waals surface area (Å²) in [5, 5.41) is 6.32. The van der Waals surface area contributed by atoms with Gasteiger partial charge in [0.1, 0.15) is 0 Å². The van der Waals surface area contributed by atoms with E-state index >= 15 is 0 Å². The molecule has 0 unspecified atom stereocenters. The molecule has 2 rings (SSSR count). The Balaban J connectivity index is 1.69.